The Labute approximate surface area is 375 Å². The minimum Gasteiger partial charge on any atom is -0.479 e. The molecule has 65 heavy (non-hydrogen) atoms. The number of aliphatic carboxylic acids is 1. The summed E-state index contributed by atoms with van der Waals surface area (Å²) in [6.45, 7) is -0.807. The van der Waals surface area contributed by atoms with Gasteiger partial charge in [-0.25, -0.2) is 4.79 Å². The average Bonchev–Trinajstić information content (AvgIpc) is 3.28. The van der Waals surface area contributed by atoms with Gasteiger partial charge in [0.2, 0.25) is 0 Å². The predicted molar refractivity (Wildman–Crippen MR) is 213 cm³/mol. The third-order valence-electron chi connectivity index (χ3n) is 14.5. The van der Waals surface area contributed by atoms with Crippen molar-refractivity contribution in [3.05, 3.63) is 0 Å². The summed E-state index contributed by atoms with van der Waals surface area (Å²) in [5.41, 5.74) is -1.56. The molecule has 14 N–H and O–H groups in total. The first-order chi connectivity index (χ1) is 30.9. The van der Waals surface area contributed by atoms with Crippen molar-refractivity contribution in [2.24, 2.45) is 29.6 Å². The van der Waals surface area contributed by atoms with Crippen LogP contribution in [0.4, 0.5) is 0 Å². The molecule has 0 aromatic heterocycles. The lowest BCUT2D eigenvalue weighted by atomic mass is 9.61. The zero-order valence-corrected chi connectivity index (χ0v) is 36.4. The number of carboxylic acids is 1. The molecule has 0 radical (unpaired) electrons. The van der Waals surface area contributed by atoms with Crippen molar-refractivity contribution in [3.63, 3.8) is 0 Å². The van der Waals surface area contributed by atoms with Crippen molar-refractivity contribution in [3.8, 4) is 0 Å². The lowest BCUT2D eigenvalue weighted by Crippen LogP contribution is -2.74. The van der Waals surface area contributed by atoms with Gasteiger partial charge in [0.1, 0.15) is 72.7 Å². The Morgan fingerprint density at radius 3 is 1.55 bits per heavy atom. The molecule has 6 rings (SSSR count). The zero-order chi connectivity index (χ0) is 47.5. The van der Waals surface area contributed by atoms with Crippen molar-refractivity contribution in [1.82, 2.24) is 0 Å². The van der Waals surface area contributed by atoms with Gasteiger partial charge in [-0.05, 0) is 13.3 Å². The van der Waals surface area contributed by atoms with Gasteiger partial charge in [0.15, 0.2) is 6.10 Å². The van der Waals surface area contributed by atoms with Crippen LogP contribution in [-0.4, -0.2) is 272 Å². The summed E-state index contributed by atoms with van der Waals surface area (Å²) < 4.78 is 52.1. The summed E-state index contributed by atoms with van der Waals surface area (Å²) in [7, 11) is 0. The topological polar surface area (TPSA) is 383 Å². The molecule has 378 valence electrons. The van der Waals surface area contributed by atoms with Crippen LogP contribution in [0.3, 0.4) is 0 Å². The maximum Gasteiger partial charge on any atom is 0.333 e. The highest BCUT2D eigenvalue weighted by Gasteiger charge is 2.64. The van der Waals surface area contributed by atoms with Gasteiger partial charge in [0.05, 0.1) is 115 Å². The lowest BCUT2D eigenvalue weighted by Gasteiger charge is -2.60. The van der Waals surface area contributed by atoms with Crippen LogP contribution >= 0.6 is 0 Å². The fourth-order valence-corrected chi connectivity index (χ4v) is 10.3. The van der Waals surface area contributed by atoms with Crippen molar-refractivity contribution < 1.29 is 119 Å². The monoisotopic (exact) mass is 946 g/mol. The molecular formula is C41H70O24. The number of fused-ring (bicyclic) bond motifs is 2. The molecule has 24 nitrogen and oxygen atoms in total. The number of carbonyl (C=O) groups is 1. The lowest BCUT2D eigenvalue weighted by molar-refractivity contribution is -0.335. The fraction of sp³-hybridized carbons (Fsp3) is 0.976. The van der Waals surface area contributed by atoms with Crippen molar-refractivity contribution >= 4 is 5.97 Å². The van der Waals surface area contributed by atoms with E-state index in [2.05, 4.69) is 0 Å². The summed E-state index contributed by atoms with van der Waals surface area (Å²) >= 11 is 0. The van der Waals surface area contributed by atoms with Gasteiger partial charge in [0, 0.05) is 36.0 Å². The van der Waals surface area contributed by atoms with Crippen molar-refractivity contribution in [2.45, 2.75) is 148 Å². The molecule has 15 unspecified atom stereocenters. The molecule has 5 heterocycles. The van der Waals surface area contributed by atoms with Crippen molar-refractivity contribution in [1.29, 1.82) is 0 Å². The highest BCUT2D eigenvalue weighted by atomic mass is 16.6. The van der Waals surface area contributed by atoms with E-state index in [-0.39, 0.29) is 46.1 Å². The first-order valence-corrected chi connectivity index (χ1v) is 22.4. The van der Waals surface area contributed by atoms with Gasteiger partial charge < -0.3 is 114 Å². The van der Waals surface area contributed by atoms with Crippen LogP contribution in [0.15, 0.2) is 0 Å². The van der Waals surface area contributed by atoms with E-state index in [1.54, 1.807) is 6.92 Å². The van der Waals surface area contributed by atoms with Crippen LogP contribution in [0.2, 0.25) is 0 Å². The molecule has 6 aliphatic rings. The van der Waals surface area contributed by atoms with Gasteiger partial charge in [-0.2, -0.15) is 0 Å². The molecule has 0 amide bonds. The van der Waals surface area contributed by atoms with Crippen LogP contribution < -0.4 is 0 Å². The summed E-state index contributed by atoms with van der Waals surface area (Å²) in [6, 6.07) is 0. The molecule has 5 saturated heterocycles. The largest absolute Gasteiger partial charge is 0.479 e. The molecular weight excluding hydrogens is 876 g/mol. The van der Waals surface area contributed by atoms with Crippen LogP contribution in [-0.2, 0) is 47.4 Å². The second-order valence-corrected chi connectivity index (χ2v) is 18.4. The molecule has 6 fully saturated rings. The first kappa shape index (κ1) is 53.0. The van der Waals surface area contributed by atoms with Crippen LogP contribution in [0, 0.1) is 29.6 Å². The smallest absolute Gasteiger partial charge is 0.333 e. The van der Waals surface area contributed by atoms with E-state index in [0.717, 1.165) is 0 Å². The number of rotatable bonds is 21. The highest BCUT2D eigenvalue weighted by Crippen LogP contribution is 2.49. The number of aliphatic hydroxyl groups is 13. The summed E-state index contributed by atoms with van der Waals surface area (Å²) in [4.78, 5) is 12.4. The molecule has 2 bridgehead atoms. The zero-order valence-electron chi connectivity index (χ0n) is 36.4. The van der Waals surface area contributed by atoms with E-state index < -0.39 is 190 Å². The van der Waals surface area contributed by atoms with Crippen LogP contribution in [0.5, 0.6) is 0 Å². The van der Waals surface area contributed by atoms with E-state index in [4.69, 9.17) is 42.6 Å². The average molecular weight is 947 g/mol. The summed E-state index contributed by atoms with van der Waals surface area (Å²) in [5, 5.41) is 147. The minimum atomic E-state index is -1.70. The summed E-state index contributed by atoms with van der Waals surface area (Å²) in [5.74, 6) is -5.83. The Balaban J connectivity index is 1.07. The second kappa shape index (κ2) is 23.0. The third-order valence-corrected chi connectivity index (χ3v) is 14.5. The highest BCUT2D eigenvalue weighted by molar-refractivity contribution is 5.73. The number of aliphatic hydroxyl groups excluding tert-OH is 12. The van der Waals surface area contributed by atoms with Gasteiger partial charge >= 0.3 is 5.97 Å². The molecule has 0 aromatic carbocycles. The standard InChI is InChI=1S/C41H70O24/c1-3-17-31(46)24(6-43)64-26(32(17)47)12-59-10-20-34(49)35(50)29(65-38(20)40(54)55)15-57-8-18-19(9-58-14-28-36(51)37(52)30(45)16(2)61-28)33(48)27(63-23(18)5-42)13-60-11-21-22-4-41(21,56)39(53)25(7-44)62-22/h16-39,42-53,56H,3-15H2,1-2H3,(H,54,55)/t16?,17?,18-,19?,20-,21-,22?,23?,24?,25-,26-,27-,28-,29-,30+,31-,32?,33?,34?,35?,36?,37?,38?,39?,41?/m0/s1. The first-order valence-electron chi connectivity index (χ1n) is 22.4. The normalized spacial score (nSPS) is 49.0. The molecule has 1 saturated carbocycles. The van der Waals surface area contributed by atoms with E-state index in [0.29, 0.717) is 6.42 Å². The second-order valence-electron chi connectivity index (χ2n) is 18.4. The van der Waals surface area contributed by atoms with E-state index in [1.165, 1.54) is 6.92 Å². The quantitative estimate of drug-likeness (QED) is 0.0508. The Kier molecular flexibility index (Phi) is 18.7. The predicted octanol–water partition coefficient (Wildman–Crippen LogP) is -7.15. The fourth-order valence-electron chi connectivity index (χ4n) is 10.3. The summed E-state index contributed by atoms with van der Waals surface area (Å²) in [6.07, 6.45) is -22.9. The SMILES string of the molecule is CCC1C(O)[C@H](COC[C@@H]2C(C(=O)O)O[C@@H](COC[C@@H]3C(CO)O[C@@H](COC[C@H]4C5CC4(O)C(O)[C@H](CO)O5)C(O)C3COC[C@@H]3OC(C)[C@@H](O)C(O)C3O)C(O)C2O)OC(CO)[C@H]1O. The Bertz CT molecular complexity index is 1480. The van der Waals surface area contributed by atoms with Gasteiger partial charge in [-0.1, -0.05) is 6.92 Å². The van der Waals surface area contributed by atoms with Gasteiger partial charge in [-0.15, -0.1) is 0 Å². The Morgan fingerprint density at radius 2 is 0.985 bits per heavy atom. The number of ether oxygens (including phenoxy) is 9. The Hall–Kier alpha value is -1.41. The molecule has 5 aliphatic heterocycles. The number of hydrogen-bond acceptors (Lipinski definition) is 23. The van der Waals surface area contributed by atoms with E-state index >= 15 is 0 Å². The molecule has 24 heteroatoms. The van der Waals surface area contributed by atoms with E-state index in [9.17, 15) is 76.3 Å². The maximum absolute atomic E-state index is 12.4. The van der Waals surface area contributed by atoms with Crippen LogP contribution in [0.25, 0.3) is 0 Å². The third kappa shape index (κ3) is 11.1. The van der Waals surface area contributed by atoms with Gasteiger partial charge in [0.25, 0.3) is 0 Å². The number of hydrogen-bond donors (Lipinski definition) is 14. The van der Waals surface area contributed by atoms with Gasteiger partial charge in [-0.3, -0.25) is 0 Å². The molecule has 0 spiro atoms. The minimum absolute atomic E-state index is 0.114. The molecule has 0 aromatic rings. The van der Waals surface area contributed by atoms with E-state index in [1.807, 2.05) is 0 Å². The molecule has 25 atom stereocenters. The Morgan fingerprint density at radius 1 is 0.508 bits per heavy atom. The van der Waals surface area contributed by atoms with Crippen molar-refractivity contribution in [2.75, 3.05) is 72.7 Å². The molecule has 1 aliphatic carbocycles. The van der Waals surface area contributed by atoms with Crippen LogP contribution in [0.1, 0.15) is 26.7 Å². The number of carboxylic acid groups (broad SMARTS) is 1. The maximum atomic E-state index is 12.4.